The molecule has 9 heteroatoms. The molecular weight excluding hydrogens is 346 g/mol. The Kier molecular flexibility index (Phi) is 7.16. The van der Waals surface area contributed by atoms with Gasteiger partial charge in [-0.25, -0.2) is 13.5 Å². The Morgan fingerprint density at radius 2 is 1.96 bits per heavy atom. The lowest BCUT2D eigenvalue weighted by Crippen LogP contribution is -2.27. The van der Waals surface area contributed by atoms with Gasteiger partial charge in [0.05, 0.1) is 18.8 Å². The molecule has 2 rings (SSSR count). The fourth-order valence-electron chi connectivity index (χ4n) is 2.37. The Morgan fingerprint density at radius 3 is 2.58 bits per heavy atom. The zero-order valence-corrected chi connectivity index (χ0v) is 14.9. The van der Waals surface area contributed by atoms with E-state index in [9.17, 15) is 13.6 Å². The standard InChI is InChI=1S/C17H22F2N4O3/c1-4-25-16(26-5-2)10-23-9-15(21-22-23)17(24)20-11(3)13-7-6-12(18)8-14(13)19/h6-9,11,16H,4-5,10H2,1-3H3,(H,20,24)/t11-/m0/s1. The average molecular weight is 368 g/mol. The van der Waals surface area contributed by atoms with Crippen molar-refractivity contribution in [3.63, 3.8) is 0 Å². The van der Waals surface area contributed by atoms with Gasteiger partial charge in [-0.1, -0.05) is 11.3 Å². The molecule has 0 saturated heterocycles. The van der Waals surface area contributed by atoms with Crippen LogP contribution in [0.25, 0.3) is 0 Å². The lowest BCUT2D eigenvalue weighted by atomic mass is 10.1. The summed E-state index contributed by atoms with van der Waals surface area (Å²) in [7, 11) is 0. The Bertz CT molecular complexity index is 733. The van der Waals surface area contributed by atoms with Crippen molar-refractivity contribution in [2.75, 3.05) is 13.2 Å². The first-order chi connectivity index (χ1) is 12.4. The highest BCUT2D eigenvalue weighted by atomic mass is 19.1. The summed E-state index contributed by atoms with van der Waals surface area (Å²) in [6.07, 6.45) is 0.962. The molecule has 0 unspecified atom stereocenters. The number of ether oxygens (including phenoxy) is 2. The summed E-state index contributed by atoms with van der Waals surface area (Å²) in [4.78, 5) is 12.3. The average Bonchev–Trinajstić information content (AvgIpc) is 3.03. The van der Waals surface area contributed by atoms with Crippen LogP contribution in [-0.4, -0.2) is 40.4 Å². The second-order valence-corrected chi connectivity index (χ2v) is 5.53. The van der Waals surface area contributed by atoms with Crippen molar-refractivity contribution >= 4 is 5.91 Å². The van der Waals surface area contributed by atoms with Crippen molar-refractivity contribution < 1.29 is 23.0 Å². The van der Waals surface area contributed by atoms with Crippen LogP contribution in [0.1, 0.15) is 42.9 Å². The smallest absolute Gasteiger partial charge is 0.273 e. The molecule has 0 radical (unpaired) electrons. The third kappa shape index (κ3) is 5.30. The van der Waals surface area contributed by atoms with Crippen LogP contribution < -0.4 is 5.32 Å². The Hall–Kier alpha value is -2.39. The van der Waals surface area contributed by atoms with E-state index in [0.717, 1.165) is 12.1 Å². The summed E-state index contributed by atoms with van der Waals surface area (Å²) >= 11 is 0. The third-order valence-corrected chi connectivity index (χ3v) is 3.59. The van der Waals surface area contributed by atoms with Crippen LogP contribution in [0, 0.1) is 11.6 Å². The van der Waals surface area contributed by atoms with Crippen LogP contribution in [0.3, 0.4) is 0 Å². The highest BCUT2D eigenvalue weighted by Gasteiger charge is 2.18. The molecule has 0 bridgehead atoms. The lowest BCUT2D eigenvalue weighted by Gasteiger charge is -2.16. The van der Waals surface area contributed by atoms with Gasteiger partial charge in [0.2, 0.25) is 0 Å². The van der Waals surface area contributed by atoms with Crippen LogP contribution in [0.2, 0.25) is 0 Å². The Morgan fingerprint density at radius 1 is 1.27 bits per heavy atom. The molecule has 1 heterocycles. The number of hydrogen-bond acceptors (Lipinski definition) is 5. The molecule has 26 heavy (non-hydrogen) atoms. The largest absolute Gasteiger partial charge is 0.351 e. The highest BCUT2D eigenvalue weighted by molar-refractivity contribution is 5.92. The van der Waals surface area contributed by atoms with E-state index in [0.29, 0.717) is 13.2 Å². The van der Waals surface area contributed by atoms with Crippen molar-refractivity contribution in [3.05, 3.63) is 47.3 Å². The number of benzene rings is 1. The number of carbonyl (C=O) groups excluding carboxylic acids is 1. The van der Waals surface area contributed by atoms with Gasteiger partial charge in [-0.15, -0.1) is 5.10 Å². The maximum absolute atomic E-state index is 13.8. The van der Waals surface area contributed by atoms with E-state index in [2.05, 4.69) is 15.6 Å². The minimum Gasteiger partial charge on any atom is -0.351 e. The van der Waals surface area contributed by atoms with Crippen LogP contribution in [0.15, 0.2) is 24.4 Å². The molecule has 1 amide bonds. The minimum absolute atomic E-state index is 0.0751. The van der Waals surface area contributed by atoms with E-state index >= 15 is 0 Å². The summed E-state index contributed by atoms with van der Waals surface area (Å²) in [5, 5.41) is 10.3. The second kappa shape index (κ2) is 9.35. The van der Waals surface area contributed by atoms with Crippen LogP contribution >= 0.6 is 0 Å². The van der Waals surface area contributed by atoms with Gasteiger partial charge in [0.1, 0.15) is 11.6 Å². The van der Waals surface area contributed by atoms with E-state index < -0.39 is 29.9 Å². The molecule has 0 saturated carbocycles. The molecule has 2 aromatic rings. The molecule has 0 aliphatic carbocycles. The third-order valence-electron chi connectivity index (χ3n) is 3.59. The normalized spacial score (nSPS) is 12.4. The van der Waals surface area contributed by atoms with E-state index in [1.807, 2.05) is 13.8 Å². The summed E-state index contributed by atoms with van der Waals surface area (Å²) in [5.74, 6) is -1.92. The minimum atomic E-state index is -0.724. The van der Waals surface area contributed by atoms with Crippen LogP contribution in [-0.2, 0) is 16.0 Å². The Balaban J connectivity index is 2.00. The molecule has 0 fully saturated rings. The number of carbonyl (C=O) groups is 1. The first kappa shape index (κ1) is 19.9. The van der Waals surface area contributed by atoms with Gasteiger partial charge in [-0.3, -0.25) is 4.79 Å². The van der Waals surface area contributed by atoms with E-state index in [4.69, 9.17) is 9.47 Å². The van der Waals surface area contributed by atoms with Crippen molar-refractivity contribution in [1.82, 2.24) is 20.3 Å². The van der Waals surface area contributed by atoms with E-state index in [1.54, 1.807) is 6.92 Å². The van der Waals surface area contributed by atoms with Crippen LogP contribution in [0.5, 0.6) is 0 Å². The van der Waals surface area contributed by atoms with Crippen LogP contribution in [0.4, 0.5) is 8.78 Å². The van der Waals surface area contributed by atoms with Gasteiger partial charge >= 0.3 is 0 Å². The van der Waals surface area contributed by atoms with Gasteiger partial charge in [0.25, 0.3) is 5.91 Å². The summed E-state index contributed by atoms with van der Waals surface area (Å²) in [5.41, 5.74) is 0.256. The monoisotopic (exact) mass is 368 g/mol. The van der Waals surface area contributed by atoms with Crippen molar-refractivity contribution in [2.45, 2.75) is 39.6 Å². The van der Waals surface area contributed by atoms with E-state index in [-0.39, 0.29) is 17.8 Å². The fraction of sp³-hybridized carbons (Fsp3) is 0.471. The second-order valence-electron chi connectivity index (χ2n) is 5.53. The predicted molar refractivity (Wildman–Crippen MR) is 89.3 cm³/mol. The zero-order chi connectivity index (χ0) is 19.1. The molecule has 0 spiro atoms. The number of hydrogen-bond donors (Lipinski definition) is 1. The maximum Gasteiger partial charge on any atom is 0.273 e. The predicted octanol–water partition coefficient (Wildman–Crippen LogP) is 2.45. The SMILES string of the molecule is CCOC(Cn1cc(C(=O)N[C@@H](C)c2ccc(F)cc2F)nn1)OCC. The van der Waals surface area contributed by atoms with Crippen molar-refractivity contribution in [3.8, 4) is 0 Å². The van der Waals surface area contributed by atoms with Gasteiger partial charge in [-0.05, 0) is 26.8 Å². The van der Waals surface area contributed by atoms with Gasteiger partial charge in [0.15, 0.2) is 12.0 Å². The summed E-state index contributed by atoms with van der Waals surface area (Å²) in [6, 6.07) is 2.55. The lowest BCUT2D eigenvalue weighted by molar-refractivity contribution is -0.145. The Labute approximate surface area is 150 Å². The molecule has 1 aromatic heterocycles. The molecule has 1 aromatic carbocycles. The number of aromatic nitrogens is 3. The fourth-order valence-corrected chi connectivity index (χ4v) is 2.37. The topological polar surface area (TPSA) is 78.3 Å². The molecule has 7 nitrogen and oxygen atoms in total. The molecule has 0 aliphatic heterocycles. The van der Waals surface area contributed by atoms with Gasteiger partial charge in [0, 0.05) is 24.8 Å². The maximum atomic E-state index is 13.8. The molecule has 0 aliphatic rings. The van der Waals surface area contributed by atoms with Crippen molar-refractivity contribution in [1.29, 1.82) is 0 Å². The number of nitrogens with zero attached hydrogens (tertiary/aromatic N) is 3. The van der Waals surface area contributed by atoms with E-state index in [1.165, 1.54) is 16.9 Å². The first-order valence-corrected chi connectivity index (χ1v) is 8.33. The molecule has 142 valence electrons. The number of halogens is 2. The quantitative estimate of drug-likeness (QED) is 0.688. The number of rotatable bonds is 9. The van der Waals surface area contributed by atoms with Gasteiger partial charge < -0.3 is 14.8 Å². The summed E-state index contributed by atoms with van der Waals surface area (Å²) in [6.45, 7) is 6.54. The molecule has 1 N–H and O–H groups in total. The van der Waals surface area contributed by atoms with Gasteiger partial charge in [-0.2, -0.15) is 0 Å². The first-order valence-electron chi connectivity index (χ1n) is 8.33. The highest BCUT2D eigenvalue weighted by Crippen LogP contribution is 2.18. The van der Waals surface area contributed by atoms with Crippen molar-refractivity contribution in [2.24, 2.45) is 0 Å². The zero-order valence-electron chi connectivity index (χ0n) is 14.9. The summed E-state index contributed by atoms with van der Waals surface area (Å²) < 4.78 is 39.1. The number of amides is 1. The number of nitrogens with one attached hydrogen (secondary N) is 1. The molecular formula is C17H22F2N4O3. The molecule has 1 atom stereocenters.